The molecule has 2 aromatic rings. The molecule has 1 aromatic carbocycles. The molecular weight excluding hydrogens is 206 g/mol. The van der Waals surface area contributed by atoms with E-state index in [4.69, 9.17) is 9.84 Å². The molecule has 0 saturated carbocycles. The molecule has 0 spiro atoms. The predicted octanol–water partition coefficient (Wildman–Crippen LogP) is 2.12. The van der Waals surface area contributed by atoms with Gasteiger partial charge in [-0.25, -0.2) is 4.79 Å². The maximum Gasteiger partial charge on any atom is 0.345 e. The van der Waals surface area contributed by atoms with Gasteiger partial charge < -0.3 is 14.8 Å². The van der Waals surface area contributed by atoms with E-state index in [0.717, 1.165) is 16.5 Å². The number of benzene rings is 1. The average molecular weight is 217 g/mol. The van der Waals surface area contributed by atoms with Crippen molar-refractivity contribution in [3.05, 3.63) is 30.0 Å². The van der Waals surface area contributed by atoms with Gasteiger partial charge in [-0.15, -0.1) is 0 Å². The third-order valence-corrected chi connectivity index (χ3v) is 3.14. The number of aromatic nitrogens is 1. The number of aliphatic carboxylic acids is 1. The molecule has 82 valence electrons. The molecule has 2 atom stereocenters. The maximum absolute atomic E-state index is 11.1. The van der Waals surface area contributed by atoms with Gasteiger partial charge in [0.15, 0.2) is 0 Å². The highest BCUT2D eigenvalue weighted by Crippen LogP contribution is 2.40. The van der Waals surface area contributed by atoms with Crippen LogP contribution in [0.2, 0.25) is 0 Å². The van der Waals surface area contributed by atoms with Gasteiger partial charge in [-0.3, -0.25) is 0 Å². The molecule has 0 fully saturated rings. The topological polar surface area (TPSA) is 62.3 Å². The van der Waals surface area contributed by atoms with Gasteiger partial charge in [0.05, 0.1) is 0 Å². The Bertz CT molecular complexity index is 573. The molecule has 0 bridgehead atoms. The fraction of sp³-hybridized carbons (Fsp3) is 0.250. The summed E-state index contributed by atoms with van der Waals surface area (Å²) in [6, 6.07) is 5.62. The average Bonchev–Trinajstić information content (AvgIpc) is 2.68. The molecule has 0 saturated heterocycles. The summed E-state index contributed by atoms with van der Waals surface area (Å²) in [5.41, 5.74) is 2.01. The summed E-state index contributed by atoms with van der Waals surface area (Å²) in [7, 11) is 0. The number of aromatic amines is 1. The van der Waals surface area contributed by atoms with Crippen LogP contribution in [0.5, 0.6) is 5.75 Å². The van der Waals surface area contributed by atoms with E-state index in [2.05, 4.69) is 4.98 Å². The second-order valence-electron chi connectivity index (χ2n) is 4.09. The smallest absolute Gasteiger partial charge is 0.345 e. The molecule has 4 heteroatoms. The van der Waals surface area contributed by atoms with E-state index in [9.17, 15) is 4.79 Å². The fourth-order valence-corrected chi connectivity index (χ4v) is 2.30. The summed E-state index contributed by atoms with van der Waals surface area (Å²) in [6.07, 6.45) is 1.07. The van der Waals surface area contributed by atoms with E-state index >= 15 is 0 Å². The van der Waals surface area contributed by atoms with Gasteiger partial charge in [0.1, 0.15) is 5.75 Å². The van der Waals surface area contributed by atoms with E-state index in [1.54, 1.807) is 0 Å². The Morgan fingerprint density at radius 2 is 2.31 bits per heavy atom. The minimum Gasteiger partial charge on any atom is -0.478 e. The molecule has 1 aliphatic heterocycles. The molecule has 4 nitrogen and oxygen atoms in total. The van der Waals surface area contributed by atoms with Crippen LogP contribution in [0.1, 0.15) is 18.4 Å². The number of carboxylic acids is 1. The first kappa shape index (κ1) is 9.27. The van der Waals surface area contributed by atoms with Crippen LogP contribution >= 0.6 is 0 Å². The van der Waals surface area contributed by atoms with Gasteiger partial charge in [0.25, 0.3) is 0 Å². The number of ether oxygens (including phenoxy) is 1. The molecule has 3 rings (SSSR count). The zero-order valence-corrected chi connectivity index (χ0v) is 8.73. The largest absolute Gasteiger partial charge is 0.478 e. The Hall–Kier alpha value is -1.97. The van der Waals surface area contributed by atoms with Crippen LogP contribution in [0.4, 0.5) is 0 Å². The zero-order chi connectivity index (χ0) is 11.3. The molecule has 0 radical (unpaired) electrons. The van der Waals surface area contributed by atoms with Crippen LogP contribution < -0.4 is 4.74 Å². The third-order valence-electron chi connectivity index (χ3n) is 3.14. The van der Waals surface area contributed by atoms with Crippen molar-refractivity contribution in [1.29, 1.82) is 0 Å². The van der Waals surface area contributed by atoms with Gasteiger partial charge in [0, 0.05) is 23.0 Å². The van der Waals surface area contributed by atoms with Crippen molar-refractivity contribution in [2.24, 2.45) is 0 Å². The number of hydrogen-bond acceptors (Lipinski definition) is 2. The molecule has 0 aliphatic carbocycles. The summed E-state index contributed by atoms with van der Waals surface area (Å²) >= 11 is 0. The lowest BCUT2D eigenvalue weighted by Gasteiger charge is -2.26. The first-order valence-electron chi connectivity index (χ1n) is 5.18. The van der Waals surface area contributed by atoms with E-state index in [-0.39, 0.29) is 5.92 Å². The van der Waals surface area contributed by atoms with Crippen LogP contribution in [-0.2, 0) is 4.79 Å². The van der Waals surface area contributed by atoms with E-state index < -0.39 is 12.1 Å². The Kier molecular flexibility index (Phi) is 1.74. The summed E-state index contributed by atoms with van der Waals surface area (Å²) in [5.74, 6) is -0.406. The van der Waals surface area contributed by atoms with Gasteiger partial charge in [-0.05, 0) is 17.7 Å². The molecule has 1 aromatic heterocycles. The first-order chi connectivity index (χ1) is 7.68. The van der Waals surface area contributed by atoms with Gasteiger partial charge >= 0.3 is 5.97 Å². The van der Waals surface area contributed by atoms with Crippen LogP contribution in [0, 0.1) is 0 Å². The van der Waals surface area contributed by atoms with Gasteiger partial charge in [-0.1, -0.05) is 13.0 Å². The highest BCUT2D eigenvalue weighted by molar-refractivity contribution is 5.92. The predicted molar refractivity (Wildman–Crippen MR) is 58.8 cm³/mol. The molecule has 16 heavy (non-hydrogen) atoms. The van der Waals surface area contributed by atoms with E-state index in [0.29, 0.717) is 5.75 Å². The van der Waals surface area contributed by atoms with Crippen LogP contribution in [0.3, 0.4) is 0 Å². The molecular formula is C12H11NO3. The van der Waals surface area contributed by atoms with Crippen molar-refractivity contribution in [2.45, 2.75) is 18.9 Å². The number of carboxylic acid groups (broad SMARTS) is 1. The number of carbonyl (C=O) groups is 1. The molecule has 2 heterocycles. The van der Waals surface area contributed by atoms with Crippen molar-refractivity contribution < 1.29 is 14.6 Å². The van der Waals surface area contributed by atoms with E-state index in [1.165, 1.54) is 0 Å². The normalized spacial score (nSPS) is 23.1. The summed E-state index contributed by atoms with van der Waals surface area (Å²) < 4.78 is 5.52. The highest BCUT2D eigenvalue weighted by Gasteiger charge is 2.34. The second-order valence-corrected chi connectivity index (χ2v) is 4.09. The van der Waals surface area contributed by atoms with Crippen LogP contribution in [0.25, 0.3) is 10.9 Å². The number of rotatable bonds is 1. The maximum atomic E-state index is 11.1. The quantitative estimate of drug-likeness (QED) is 0.769. The SMILES string of the molecule is CC1c2c[nH]c3cccc(c23)OC1C(=O)O. The lowest BCUT2D eigenvalue weighted by atomic mass is 9.92. The number of nitrogens with one attached hydrogen (secondary N) is 1. The fourth-order valence-electron chi connectivity index (χ4n) is 2.30. The van der Waals surface area contributed by atoms with Crippen molar-refractivity contribution in [3.8, 4) is 5.75 Å². The Morgan fingerprint density at radius 1 is 1.50 bits per heavy atom. The highest BCUT2D eigenvalue weighted by atomic mass is 16.5. The second kappa shape index (κ2) is 3.01. The third kappa shape index (κ3) is 1.07. The molecule has 1 aliphatic rings. The van der Waals surface area contributed by atoms with Crippen molar-refractivity contribution in [3.63, 3.8) is 0 Å². The lowest BCUT2D eigenvalue weighted by Crippen LogP contribution is -2.34. The Labute approximate surface area is 91.8 Å². The minimum absolute atomic E-state index is 0.138. The van der Waals surface area contributed by atoms with Gasteiger partial charge in [-0.2, -0.15) is 0 Å². The van der Waals surface area contributed by atoms with E-state index in [1.807, 2.05) is 31.3 Å². The van der Waals surface area contributed by atoms with Crippen LogP contribution in [0.15, 0.2) is 24.4 Å². The molecule has 2 unspecified atom stereocenters. The van der Waals surface area contributed by atoms with Crippen molar-refractivity contribution in [1.82, 2.24) is 4.98 Å². The minimum atomic E-state index is -0.920. The lowest BCUT2D eigenvalue weighted by molar-refractivity contribution is -0.146. The molecule has 2 N–H and O–H groups in total. The summed E-state index contributed by atoms with van der Waals surface area (Å²) in [5, 5.41) is 10.1. The first-order valence-corrected chi connectivity index (χ1v) is 5.18. The zero-order valence-electron chi connectivity index (χ0n) is 8.73. The Balaban J connectivity index is 2.25. The monoisotopic (exact) mass is 217 g/mol. The number of hydrogen-bond donors (Lipinski definition) is 2. The molecule has 0 amide bonds. The van der Waals surface area contributed by atoms with Crippen molar-refractivity contribution in [2.75, 3.05) is 0 Å². The summed E-state index contributed by atoms with van der Waals surface area (Å²) in [4.78, 5) is 14.2. The summed E-state index contributed by atoms with van der Waals surface area (Å²) in [6.45, 7) is 1.87. The van der Waals surface area contributed by atoms with Crippen molar-refractivity contribution >= 4 is 16.9 Å². The standard InChI is InChI=1S/C12H11NO3/c1-6-7-5-13-8-3-2-4-9(10(7)8)16-11(6)12(14)15/h2-6,11,13H,1H3,(H,14,15). The Morgan fingerprint density at radius 3 is 3.06 bits per heavy atom. The van der Waals surface area contributed by atoms with Gasteiger partial charge in [0.2, 0.25) is 6.10 Å². The number of H-pyrrole nitrogens is 1. The van der Waals surface area contributed by atoms with Crippen LogP contribution in [-0.4, -0.2) is 22.2 Å².